The van der Waals surface area contributed by atoms with E-state index in [0.29, 0.717) is 56.4 Å². The van der Waals surface area contributed by atoms with Gasteiger partial charge < -0.3 is 35.8 Å². The molecule has 26 heteroatoms. The Kier molecular flexibility index (Phi) is 30.6. The molecular formula is C79H99BrN8O13S4. The summed E-state index contributed by atoms with van der Waals surface area (Å²) in [6, 6.07) is 53.8. The molecule has 0 amide bonds. The van der Waals surface area contributed by atoms with Crippen molar-refractivity contribution in [3.63, 3.8) is 0 Å². The molecular weight excluding hydrogens is 1480 g/mol. The maximum atomic E-state index is 13.2. The minimum absolute atomic E-state index is 0.118. The van der Waals surface area contributed by atoms with Gasteiger partial charge in [-0.3, -0.25) is 17.2 Å². The van der Waals surface area contributed by atoms with Crippen molar-refractivity contribution in [2.75, 3.05) is 106 Å². The fraction of sp³-hybridized carbons (Fsp3) is 0.380. The van der Waals surface area contributed by atoms with E-state index in [1.165, 1.54) is 49.3 Å². The number of nitrogens with one attached hydrogen (secondary N) is 4. The summed E-state index contributed by atoms with van der Waals surface area (Å²) < 4.78 is 122. The Hall–Kier alpha value is -7.66. The Morgan fingerprint density at radius 2 is 0.686 bits per heavy atom. The topological polar surface area (TPSA) is 270 Å². The van der Waals surface area contributed by atoms with Crippen molar-refractivity contribution in [3.05, 3.63) is 236 Å². The van der Waals surface area contributed by atoms with Gasteiger partial charge in [0, 0.05) is 66.7 Å². The van der Waals surface area contributed by atoms with E-state index in [2.05, 4.69) is 44.1 Å². The van der Waals surface area contributed by atoms with Crippen LogP contribution in [-0.2, 0) is 59.2 Å². The van der Waals surface area contributed by atoms with Gasteiger partial charge in [-0.05, 0) is 188 Å². The van der Waals surface area contributed by atoms with Gasteiger partial charge in [-0.25, -0.2) is 33.7 Å². The number of hydrogen-bond acceptors (Lipinski definition) is 17. The predicted octanol–water partition coefficient (Wildman–Crippen LogP) is 13.0. The van der Waals surface area contributed by atoms with Crippen LogP contribution in [0.15, 0.2) is 200 Å². The average Bonchev–Trinajstić information content (AvgIpc) is 1.62. The molecule has 0 radical (unpaired) electrons. The number of carbonyl (C=O) groups excluding carboxylic acids is 2. The monoisotopic (exact) mass is 1570 g/mol. The number of unbranched alkanes of at least 4 members (excludes halogenated alkanes) is 6. The lowest BCUT2D eigenvalue weighted by Gasteiger charge is -2.22. The molecule has 4 unspecified atom stereocenters. The quantitative estimate of drug-likeness (QED) is 0.0372. The number of methoxy groups -OCH3 is 2. The van der Waals surface area contributed by atoms with E-state index in [1.54, 1.807) is 78.8 Å². The number of sulfonamides is 4. The zero-order valence-electron chi connectivity index (χ0n) is 61.2. The lowest BCUT2D eigenvalue weighted by Crippen LogP contribution is -2.26. The third-order valence-electron chi connectivity index (χ3n) is 18.9. The third kappa shape index (κ3) is 19.6. The van der Waals surface area contributed by atoms with Crippen molar-refractivity contribution in [2.45, 2.75) is 129 Å². The number of benzene rings is 8. The van der Waals surface area contributed by atoms with E-state index < -0.39 is 40.1 Å². The summed E-state index contributed by atoms with van der Waals surface area (Å²) >= 11 is 3.52. The molecule has 0 saturated carbocycles. The predicted molar refractivity (Wildman–Crippen MR) is 418 cm³/mol. The number of hydrogen-bond donors (Lipinski definition) is 5. The van der Waals surface area contributed by atoms with Gasteiger partial charge in [0.1, 0.15) is 0 Å². The molecule has 0 spiro atoms. The van der Waals surface area contributed by atoms with Crippen LogP contribution in [0.25, 0.3) is 0 Å². The van der Waals surface area contributed by atoms with Crippen LogP contribution in [0, 0.1) is 13.8 Å². The Labute approximate surface area is 630 Å². The van der Waals surface area contributed by atoms with Crippen molar-refractivity contribution in [3.8, 4) is 0 Å². The highest BCUT2D eigenvalue weighted by atomic mass is 79.9. The smallest absolute Gasteiger partial charge is 0.373 e. The molecule has 8 aromatic rings. The highest BCUT2D eigenvalue weighted by molar-refractivity contribution is 9.10. The lowest BCUT2D eigenvalue weighted by atomic mass is 9.96. The molecule has 0 aromatic heterocycles. The van der Waals surface area contributed by atoms with Gasteiger partial charge in [-0.2, -0.15) is 9.59 Å². The minimum Gasteiger partial charge on any atom is -0.396 e. The molecule has 4 heterocycles. The summed E-state index contributed by atoms with van der Waals surface area (Å²) in [5.41, 5.74) is 11.7. The number of ether oxygens (including phenoxy) is 2. The average molecular weight is 1580 g/mol. The SMILES string of the molecule is CCCCCCCCNC1c2ccccc2N(C)S(=O)(=O)c2ccccc21.COCCCNC1c2cc(Br)ccc2N(C)S(=O)(=O)c2cc(C)ccc21.COCCCNC1c2ccccc2N(C)S(=O)(=O)c2ccccc21.Cc1ccc2c(c1)S(=O)(=O)N(C)c1ccccc1C2NCCCCO.O=C=O. The van der Waals surface area contributed by atoms with E-state index in [4.69, 9.17) is 24.2 Å². The molecule has 0 fully saturated rings. The van der Waals surface area contributed by atoms with E-state index in [1.807, 2.05) is 153 Å². The first-order valence-corrected chi connectivity index (χ1v) is 41.9. The first-order chi connectivity index (χ1) is 50.4. The maximum Gasteiger partial charge on any atom is 0.373 e. The molecule has 564 valence electrons. The Morgan fingerprint density at radius 3 is 1.07 bits per heavy atom. The number of aryl methyl sites for hydroxylation is 2. The highest BCUT2D eigenvalue weighted by Gasteiger charge is 2.39. The van der Waals surface area contributed by atoms with E-state index in [-0.39, 0.29) is 36.9 Å². The second kappa shape index (κ2) is 38.7. The van der Waals surface area contributed by atoms with Crippen molar-refractivity contribution in [2.24, 2.45) is 0 Å². The molecule has 12 rings (SSSR count). The fourth-order valence-electron chi connectivity index (χ4n) is 13.4. The van der Waals surface area contributed by atoms with Gasteiger partial charge >= 0.3 is 6.15 Å². The van der Waals surface area contributed by atoms with Crippen LogP contribution >= 0.6 is 15.9 Å². The van der Waals surface area contributed by atoms with Crippen LogP contribution in [0.2, 0.25) is 0 Å². The molecule has 0 bridgehead atoms. The highest BCUT2D eigenvalue weighted by Crippen LogP contribution is 2.45. The number of anilines is 4. The third-order valence-corrected chi connectivity index (χ3v) is 26.8. The van der Waals surface area contributed by atoms with Gasteiger partial charge in [0.2, 0.25) is 0 Å². The standard InChI is InChI=1S/C22H30N2O2S.C19H23BrN2O3S.C19H24N2O3S.C18H22N2O3S.CO2/c1-3-4-5-6-7-12-17-23-22-18-13-8-10-15-20(18)24(2)27(25,26)21-16-11-9-14-19(21)22;1-13-5-7-15-18(11-13)26(23,24)22(2)17-8-6-14(20)12-16(17)19(15)21-9-4-10-25-3;1-14-9-10-16-18(13-14)25(23,24)21(2)17-8-4-3-7-15(17)19(16)20-11-5-6-12-22;1-20-16-10-5-3-8-14(16)18(19-12-7-13-23-2)15-9-4-6-11-17(15)24(20,21)22;2-1-3/h8-11,13-16,22-23H,3-7,12,17H2,1-2H3;5-8,11-12,19,21H,4,9-10H2,1-3H3;3-4,7-10,13,19-20,22H,5-6,11-12H2,1-2H3;3-6,8-11,18-19H,7,12-13H2,1-2H3;. The second-order valence-corrected chi connectivity index (χ2v) is 34.6. The summed E-state index contributed by atoms with van der Waals surface area (Å²) in [6.07, 6.45) is 11.0. The van der Waals surface area contributed by atoms with Crippen LogP contribution in [0.1, 0.15) is 151 Å². The van der Waals surface area contributed by atoms with E-state index >= 15 is 0 Å². The first-order valence-electron chi connectivity index (χ1n) is 35.3. The summed E-state index contributed by atoms with van der Waals surface area (Å²) in [5, 5.41) is 23.1. The van der Waals surface area contributed by atoms with E-state index in [9.17, 15) is 33.7 Å². The number of aliphatic hydroxyl groups excluding tert-OH is 1. The van der Waals surface area contributed by atoms with E-state index in [0.717, 1.165) is 118 Å². The summed E-state index contributed by atoms with van der Waals surface area (Å²) in [5.74, 6) is 0. The van der Waals surface area contributed by atoms with Crippen molar-refractivity contribution in [1.82, 2.24) is 21.3 Å². The number of aliphatic hydroxyl groups is 1. The molecule has 4 aliphatic rings. The summed E-state index contributed by atoms with van der Waals surface area (Å²) in [4.78, 5) is 17.7. The van der Waals surface area contributed by atoms with Crippen LogP contribution in [0.4, 0.5) is 22.7 Å². The number of rotatable bonds is 23. The molecule has 4 aliphatic heterocycles. The molecule has 5 N–H and O–H groups in total. The lowest BCUT2D eigenvalue weighted by molar-refractivity contribution is -0.191. The van der Waals surface area contributed by atoms with Crippen molar-refractivity contribution < 1.29 is 57.8 Å². The minimum atomic E-state index is -3.62. The van der Waals surface area contributed by atoms with Gasteiger partial charge in [0.15, 0.2) is 0 Å². The van der Waals surface area contributed by atoms with Crippen molar-refractivity contribution in [1.29, 1.82) is 0 Å². The fourth-order valence-corrected chi connectivity index (χ4v) is 19.8. The maximum absolute atomic E-state index is 13.2. The molecule has 4 atom stereocenters. The van der Waals surface area contributed by atoms with Gasteiger partial charge in [-0.15, -0.1) is 0 Å². The number of para-hydroxylation sites is 3. The van der Waals surface area contributed by atoms with Crippen LogP contribution < -0.4 is 38.5 Å². The Morgan fingerprint density at radius 1 is 0.381 bits per heavy atom. The molecule has 0 saturated heterocycles. The molecule has 8 aromatic carbocycles. The van der Waals surface area contributed by atoms with Crippen LogP contribution in [0.3, 0.4) is 0 Å². The molecule has 21 nitrogen and oxygen atoms in total. The van der Waals surface area contributed by atoms with Crippen LogP contribution in [-0.4, -0.2) is 133 Å². The van der Waals surface area contributed by atoms with Crippen molar-refractivity contribution >= 4 is 84.9 Å². The molecule has 0 aliphatic carbocycles. The largest absolute Gasteiger partial charge is 0.396 e. The van der Waals surface area contributed by atoms with Gasteiger partial charge in [-0.1, -0.05) is 170 Å². The van der Waals surface area contributed by atoms with Crippen LogP contribution in [0.5, 0.6) is 0 Å². The molecule has 105 heavy (non-hydrogen) atoms. The number of nitrogens with zero attached hydrogens (tertiary/aromatic N) is 4. The summed E-state index contributed by atoms with van der Waals surface area (Å²) in [7, 11) is -4.53. The zero-order valence-corrected chi connectivity index (χ0v) is 66.1. The number of fused-ring (bicyclic) bond motifs is 8. The van der Waals surface area contributed by atoms with Gasteiger partial charge in [0.25, 0.3) is 40.1 Å². The normalized spacial score (nSPS) is 17.8. The summed E-state index contributed by atoms with van der Waals surface area (Å²) in [6.45, 7) is 10.6. The number of halogens is 1. The first kappa shape index (κ1) is 83.0. The van der Waals surface area contributed by atoms with Gasteiger partial charge in [0.05, 0.1) is 66.5 Å². The zero-order chi connectivity index (χ0) is 76.1. The second-order valence-electron chi connectivity index (χ2n) is 26.0. The Balaban J connectivity index is 0.000000175. The Bertz CT molecular complexity index is 4740.